The van der Waals surface area contributed by atoms with Gasteiger partial charge < -0.3 is 15.7 Å². The van der Waals surface area contributed by atoms with Gasteiger partial charge in [0.15, 0.2) is 0 Å². The third-order valence-corrected chi connectivity index (χ3v) is 3.32. The average molecular weight is 263 g/mol. The van der Waals surface area contributed by atoms with Gasteiger partial charge >= 0.3 is 6.03 Å². The molecule has 1 aliphatic rings. The van der Waals surface area contributed by atoms with Gasteiger partial charge in [0.25, 0.3) is 0 Å². The summed E-state index contributed by atoms with van der Waals surface area (Å²) in [6.07, 6.45) is 1.08. The van der Waals surface area contributed by atoms with Gasteiger partial charge in [-0.3, -0.25) is 4.90 Å². The fraction of sp³-hybridized carbons (Fsp3) is 0.500. The molecular formula is C14H21N3O2. The van der Waals surface area contributed by atoms with Crippen molar-refractivity contribution in [3.8, 4) is 0 Å². The van der Waals surface area contributed by atoms with Crippen molar-refractivity contribution in [3.63, 3.8) is 0 Å². The van der Waals surface area contributed by atoms with E-state index in [-0.39, 0.29) is 12.6 Å². The molecule has 0 spiro atoms. The molecule has 19 heavy (non-hydrogen) atoms. The molecule has 1 aromatic rings. The summed E-state index contributed by atoms with van der Waals surface area (Å²) in [4.78, 5) is 13.6. The number of carbonyl (C=O) groups excluding carboxylic acids is 1. The topological polar surface area (TPSA) is 64.6 Å². The van der Waals surface area contributed by atoms with Gasteiger partial charge in [0.05, 0.1) is 6.61 Å². The summed E-state index contributed by atoms with van der Waals surface area (Å²) in [5.41, 5.74) is 2.82. The molecule has 0 aromatic heterocycles. The maximum atomic E-state index is 11.3. The lowest BCUT2D eigenvalue weighted by molar-refractivity contribution is 0.226. The first-order chi connectivity index (χ1) is 9.29. The molecular weight excluding hydrogens is 242 g/mol. The van der Waals surface area contributed by atoms with Gasteiger partial charge in [-0.25, -0.2) is 4.79 Å². The Labute approximate surface area is 113 Å². The molecule has 0 saturated heterocycles. The molecule has 0 atom stereocenters. The van der Waals surface area contributed by atoms with Crippen LogP contribution in [0.5, 0.6) is 0 Å². The van der Waals surface area contributed by atoms with Gasteiger partial charge in [0.1, 0.15) is 0 Å². The highest BCUT2D eigenvalue weighted by molar-refractivity contribution is 5.73. The minimum absolute atomic E-state index is 0.0314. The molecule has 2 amide bonds. The highest BCUT2D eigenvalue weighted by atomic mass is 16.3. The molecule has 1 aromatic carbocycles. The fourth-order valence-corrected chi connectivity index (χ4v) is 2.30. The lowest BCUT2D eigenvalue weighted by Gasteiger charge is -2.28. The number of carbonyl (C=O) groups is 1. The number of urea groups is 1. The van der Waals surface area contributed by atoms with Crippen molar-refractivity contribution in [1.82, 2.24) is 15.5 Å². The van der Waals surface area contributed by atoms with Crippen molar-refractivity contribution < 1.29 is 9.90 Å². The molecule has 1 heterocycles. The zero-order chi connectivity index (χ0) is 13.5. The van der Waals surface area contributed by atoms with Crippen LogP contribution in [0.4, 0.5) is 4.79 Å². The number of nitrogens with zero attached hydrogens (tertiary/aromatic N) is 1. The number of aliphatic hydroxyl groups is 1. The minimum atomic E-state index is -0.216. The third kappa shape index (κ3) is 4.22. The van der Waals surface area contributed by atoms with Crippen LogP contribution in [0.3, 0.4) is 0 Å². The van der Waals surface area contributed by atoms with Crippen LogP contribution in [-0.2, 0) is 13.0 Å². The van der Waals surface area contributed by atoms with E-state index in [0.29, 0.717) is 13.1 Å². The minimum Gasteiger partial charge on any atom is -0.395 e. The zero-order valence-electron chi connectivity index (χ0n) is 11.1. The van der Waals surface area contributed by atoms with Gasteiger partial charge in [-0.15, -0.1) is 0 Å². The smallest absolute Gasteiger partial charge is 0.314 e. The quantitative estimate of drug-likeness (QED) is 0.717. The van der Waals surface area contributed by atoms with E-state index in [0.717, 1.165) is 26.1 Å². The van der Waals surface area contributed by atoms with Crippen LogP contribution in [0.1, 0.15) is 11.1 Å². The fourth-order valence-electron chi connectivity index (χ4n) is 2.30. The molecule has 0 unspecified atom stereocenters. The van der Waals surface area contributed by atoms with Gasteiger partial charge in [-0.1, -0.05) is 24.3 Å². The molecule has 3 N–H and O–H groups in total. The number of fused-ring (bicyclic) bond motifs is 1. The number of amides is 2. The SMILES string of the molecule is O=C(NCCO)NCCN1CCc2ccccc2C1. The first-order valence-electron chi connectivity index (χ1n) is 6.71. The molecule has 1 aliphatic heterocycles. The first kappa shape index (κ1) is 13.8. The first-order valence-corrected chi connectivity index (χ1v) is 6.71. The van der Waals surface area contributed by atoms with E-state index in [1.165, 1.54) is 11.1 Å². The Balaban J connectivity index is 1.70. The maximum absolute atomic E-state index is 11.3. The Morgan fingerprint density at radius 2 is 1.95 bits per heavy atom. The van der Waals surface area contributed by atoms with E-state index >= 15 is 0 Å². The van der Waals surface area contributed by atoms with Crippen LogP contribution >= 0.6 is 0 Å². The summed E-state index contributed by atoms with van der Waals surface area (Å²) in [5.74, 6) is 0. The van der Waals surface area contributed by atoms with Gasteiger partial charge in [-0.05, 0) is 17.5 Å². The summed E-state index contributed by atoms with van der Waals surface area (Å²) in [6, 6.07) is 8.30. The molecule has 5 heteroatoms. The summed E-state index contributed by atoms with van der Waals surface area (Å²) in [7, 11) is 0. The number of hydrogen-bond acceptors (Lipinski definition) is 3. The highest BCUT2D eigenvalue weighted by Crippen LogP contribution is 2.17. The largest absolute Gasteiger partial charge is 0.395 e. The molecule has 2 rings (SSSR count). The van der Waals surface area contributed by atoms with Crippen LogP contribution in [0, 0.1) is 0 Å². The summed E-state index contributed by atoms with van der Waals surface area (Å²) in [5, 5.41) is 13.9. The molecule has 104 valence electrons. The van der Waals surface area contributed by atoms with Gasteiger partial charge in [-0.2, -0.15) is 0 Å². The Bertz CT molecular complexity index is 423. The third-order valence-electron chi connectivity index (χ3n) is 3.32. The average Bonchev–Trinajstić information content (AvgIpc) is 2.45. The predicted molar refractivity (Wildman–Crippen MR) is 73.9 cm³/mol. The predicted octanol–water partition coefficient (Wildman–Crippen LogP) is 0.336. The Morgan fingerprint density at radius 3 is 2.74 bits per heavy atom. The van der Waals surface area contributed by atoms with E-state index in [1.807, 2.05) is 0 Å². The van der Waals surface area contributed by atoms with E-state index < -0.39 is 0 Å². The normalized spacial score (nSPS) is 14.8. The second kappa shape index (κ2) is 7.11. The maximum Gasteiger partial charge on any atom is 0.314 e. The number of nitrogens with one attached hydrogen (secondary N) is 2. The van der Waals surface area contributed by atoms with Crippen LogP contribution in [-0.4, -0.2) is 48.8 Å². The van der Waals surface area contributed by atoms with Crippen LogP contribution in [0.2, 0.25) is 0 Å². The zero-order valence-corrected chi connectivity index (χ0v) is 11.1. The molecule has 0 bridgehead atoms. The lowest BCUT2D eigenvalue weighted by atomic mass is 10.00. The Morgan fingerprint density at radius 1 is 1.21 bits per heavy atom. The van der Waals surface area contributed by atoms with E-state index in [1.54, 1.807) is 0 Å². The Hall–Kier alpha value is -1.59. The van der Waals surface area contributed by atoms with Crippen LogP contribution in [0.25, 0.3) is 0 Å². The number of aliphatic hydroxyl groups excluding tert-OH is 1. The van der Waals surface area contributed by atoms with Crippen molar-refractivity contribution in [2.45, 2.75) is 13.0 Å². The van der Waals surface area contributed by atoms with E-state index in [9.17, 15) is 4.79 Å². The molecule has 0 aliphatic carbocycles. The van der Waals surface area contributed by atoms with Crippen LogP contribution < -0.4 is 10.6 Å². The van der Waals surface area contributed by atoms with Gasteiger partial charge in [0, 0.05) is 32.7 Å². The number of benzene rings is 1. The van der Waals surface area contributed by atoms with Crippen molar-refractivity contribution in [2.24, 2.45) is 0 Å². The molecule has 5 nitrogen and oxygen atoms in total. The van der Waals surface area contributed by atoms with E-state index in [4.69, 9.17) is 5.11 Å². The summed E-state index contributed by atoms with van der Waals surface area (Å²) < 4.78 is 0. The summed E-state index contributed by atoms with van der Waals surface area (Å²) in [6.45, 7) is 3.73. The Kier molecular flexibility index (Phi) is 5.18. The number of hydrogen-bond donors (Lipinski definition) is 3. The van der Waals surface area contributed by atoms with Crippen LogP contribution in [0.15, 0.2) is 24.3 Å². The molecule has 0 radical (unpaired) electrons. The van der Waals surface area contributed by atoms with Crippen molar-refractivity contribution in [2.75, 3.05) is 32.8 Å². The summed E-state index contributed by atoms with van der Waals surface area (Å²) >= 11 is 0. The molecule has 0 saturated carbocycles. The van der Waals surface area contributed by atoms with Crippen molar-refractivity contribution in [3.05, 3.63) is 35.4 Å². The van der Waals surface area contributed by atoms with Crippen molar-refractivity contribution >= 4 is 6.03 Å². The monoisotopic (exact) mass is 263 g/mol. The van der Waals surface area contributed by atoms with E-state index in [2.05, 4.69) is 39.8 Å². The lowest BCUT2D eigenvalue weighted by Crippen LogP contribution is -2.42. The second-order valence-electron chi connectivity index (χ2n) is 4.70. The second-order valence-corrected chi connectivity index (χ2v) is 4.70. The highest BCUT2D eigenvalue weighted by Gasteiger charge is 2.15. The number of rotatable bonds is 5. The molecule has 0 fully saturated rings. The van der Waals surface area contributed by atoms with Crippen molar-refractivity contribution in [1.29, 1.82) is 0 Å². The standard InChI is InChI=1S/C14H21N3O2/c18-10-7-16-14(19)15-6-9-17-8-5-12-3-1-2-4-13(12)11-17/h1-4,18H,5-11H2,(H2,15,16,19). The van der Waals surface area contributed by atoms with Gasteiger partial charge in [0.2, 0.25) is 0 Å².